The summed E-state index contributed by atoms with van der Waals surface area (Å²) in [5.41, 5.74) is 4.37. The fraction of sp³-hybridized carbons (Fsp3) is 0.394. The lowest BCUT2D eigenvalue weighted by Gasteiger charge is -2.16. The molecule has 12 heteroatoms. The SMILES string of the molecule is CCCCNC(=O)NS(=O)(=O)c1cc(Cn2c(CCCC)nc3cc(NC(=O)NC(C)C)c(C)nc32)ccc1-c1ccccc1. The van der Waals surface area contributed by atoms with E-state index in [1.807, 2.05) is 74.7 Å². The van der Waals surface area contributed by atoms with Crippen LogP contribution in [0.3, 0.4) is 0 Å². The molecule has 2 aromatic heterocycles. The van der Waals surface area contributed by atoms with Gasteiger partial charge in [0.1, 0.15) is 11.3 Å². The molecule has 0 bridgehead atoms. The van der Waals surface area contributed by atoms with E-state index in [1.54, 1.807) is 12.1 Å². The van der Waals surface area contributed by atoms with Crippen LogP contribution in [0.2, 0.25) is 0 Å². The summed E-state index contributed by atoms with van der Waals surface area (Å²) in [4.78, 5) is 34.6. The van der Waals surface area contributed by atoms with Crippen molar-refractivity contribution in [2.45, 2.75) is 84.2 Å². The minimum Gasteiger partial charge on any atom is -0.337 e. The van der Waals surface area contributed by atoms with Gasteiger partial charge in [-0.1, -0.05) is 69.2 Å². The summed E-state index contributed by atoms with van der Waals surface area (Å²) in [5, 5.41) is 8.30. The van der Waals surface area contributed by atoms with Crippen LogP contribution in [0.4, 0.5) is 15.3 Å². The number of pyridine rings is 1. The second kappa shape index (κ2) is 15.0. The van der Waals surface area contributed by atoms with Gasteiger partial charge in [0.05, 0.1) is 22.8 Å². The molecule has 240 valence electrons. The standard InChI is InChI=1S/C33H43N7O4S/c1-6-8-15-30-37-28-20-27(38-33(42)35-22(3)4)23(5)36-31(28)40(30)21-24-16-17-26(25-13-11-10-12-14-25)29(19-24)45(43,44)39-32(41)34-18-9-7-2/h10-14,16-17,19-20,22H,6-9,15,18,21H2,1-5H3,(H2,34,39,41)(H2,35,38,42). The van der Waals surface area contributed by atoms with Crippen molar-refractivity contribution in [1.82, 2.24) is 29.9 Å². The molecule has 0 atom stereocenters. The summed E-state index contributed by atoms with van der Waals surface area (Å²) in [6.07, 6.45) is 4.20. The Morgan fingerprint density at radius 2 is 1.67 bits per heavy atom. The van der Waals surface area contributed by atoms with Crippen LogP contribution in [0.15, 0.2) is 59.5 Å². The maximum Gasteiger partial charge on any atom is 0.328 e. The topological polar surface area (TPSA) is 147 Å². The van der Waals surface area contributed by atoms with Crippen LogP contribution in [0.1, 0.15) is 70.5 Å². The molecule has 2 heterocycles. The summed E-state index contributed by atoms with van der Waals surface area (Å²) in [5.74, 6) is 0.813. The van der Waals surface area contributed by atoms with E-state index in [2.05, 4.69) is 27.6 Å². The number of fused-ring (bicyclic) bond motifs is 1. The molecule has 0 fully saturated rings. The molecule has 0 spiro atoms. The van der Waals surface area contributed by atoms with Crippen LogP contribution in [0, 0.1) is 6.92 Å². The number of aryl methyl sites for hydroxylation is 2. The van der Waals surface area contributed by atoms with E-state index in [0.717, 1.165) is 31.5 Å². The molecule has 0 saturated heterocycles. The van der Waals surface area contributed by atoms with Crippen molar-refractivity contribution >= 4 is 38.9 Å². The van der Waals surface area contributed by atoms with Crippen LogP contribution >= 0.6 is 0 Å². The van der Waals surface area contributed by atoms with Gasteiger partial charge in [-0.15, -0.1) is 0 Å². The van der Waals surface area contributed by atoms with Gasteiger partial charge < -0.3 is 20.5 Å². The minimum atomic E-state index is -4.23. The first-order valence-corrected chi connectivity index (χ1v) is 16.9. The second-order valence-electron chi connectivity index (χ2n) is 11.3. The average molecular weight is 634 g/mol. The number of nitrogens with one attached hydrogen (secondary N) is 4. The van der Waals surface area contributed by atoms with E-state index in [4.69, 9.17) is 9.97 Å². The number of aromatic nitrogens is 3. The van der Waals surface area contributed by atoms with Gasteiger partial charge in [-0.05, 0) is 56.9 Å². The smallest absolute Gasteiger partial charge is 0.328 e. The summed E-state index contributed by atoms with van der Waals surface area (Å²) in [6, 6.07) is 15.2. The number of benzene rings is 2. The Kier molecular flexibility index (Phi) is 11.2. The van der Waals surface area contributed by atoms with Crippen LogP contribution in [-0.4, -0.2) is 47.6 Å². The van der Waals surface area contributed by atoms with E-state index in [0.29, 0.717) is 58.7 Å². The highest BCUT2D eigenvalue weighted by Gasteiger charge is 2.24. The largest absolute Gasteiger partial charge is 0.337 e. The predicted octanol–water partition coefficient (Wildman–Crippen LogP) is 6.12. The molecule has 0 aliphatic heterocycles. The van der Waals surface area contributed by atoms with Crippen LogP contribution in [-0.2, 0) is 23.0 Å². The molecule has 4 amide bonds. The summed E-state index contributed by atoms with van der Waals surface area (Å²) >= 11 is 0. The molecule has 2 aromatic carbocycles. The van der Waals surface area contributed by atoms with E-state index < -0.39 is 16.1 Å². The van der Waals surface area contributed by atoms with Crippen LogP contribution in [0.5, 0.6) is 0 Å². The Bertz CT molecular complexity index is 1750. The van der Waals surface area contributed by atoms with Crippen LogP contribution < -0.4 is 20.7 Å². The predicted molar refractivity (Wildman–Crippen MR) is 178 cm³/mol. The third kappa shape index (κ3) is 8.59. The molecule has 0 aliphatic carbocycles. The molecule has 0 radical (unpaired) electrons. The van der Waals surface area contributed by atoms with Gasteiger partial charge in [0.25, 0.3) is 10.0 Å². The van der Waals surface area contributed by atoms with Gasteiger partial charge in [-0.25, -0.2) is 32.7 Å². The number of anilines is 1. The Hall–Kier alpha value is -4.45. The van der Waals surface area contributed by atoms with Crippen LogP contribution in [0.25, 0.3) is 22.3 Å². The third-order valence-electron chi connectivity index (χ3n) is 7.22. The molecule has 4 aromatic rings. The first-order chi connectivity index (χ1) is 21.5. The van der Waals surface area contributed by atoms with Gasteiger partial charge in [0.15, 0.2) is 5.65 Å². The number of hydrogen-bond donors (Lipinski definition) is 4. The number of hydrogen-bond acceptors (Lipinski definition) is 6. The number of rotatable bonds is 13. The molecular weight excluding hydrogens is 590 g/mol. The zero-order valence-corrected chi connectivity index (χ0v) is 27.4. The Labute approximate surface area is 265 Å². The fourth-order valence-corrected chi connectivity index (χ4v) is 6.15. The van der Waals surface area contributed by atoms with Crippen molar-refractivity contribution in [2.75, 3.05) is 11.9 Å². The van der Waals surface area contributed by atoms with Gasteiger partial charge in [-0.2, -0.15) is 0 Å². The highest BCUT2D eigenvalue weighted by Crippen LogP contribution is 2.30. The van der Waals surface area contributed by atoms with Crippen molar-refractivity contribution in [3.63, 3.8) is 0 Å². The number of sulfonamides is 1. The Morgan fingerprint density at radius 3 is 2.36 bits per heavy atom. The fourth-order valence-electron chi connectivity index (χ4n) is 4.94. The second-order valence-corrected chi connectivity index (χ2v) is 13.0. The van der Waals surface area contributed by atoms with E-state index in [-0.39, 0.29) is 17.0 Å². The first kappa shape index (κ1) is 33.4. The molecule has 45 heavy (non-hydrogen) atoms. The molecule has 0 unspecified atom stereocenters. The van der Waals surface area contributed by atoms with Gasteiger partial charge in [0.2, 0.25) is 0 Å². The third-order valence-corrected chi connectivity index (χ3v) is 8.59. The van der Waals surface area contributed by atoms with E-state index >= 15 is 0 Å². The van der Waals surface area contributed by atoms with Gasteiger partial charge in [-0.3, -0.25) is 0 Å². The monoisotopic (exact) mass is 633 g/mol. The summed E-state index contributed by atoms with van der Waals surface area (Å²) in [6.45, 7) is 10.4. The number of nitrogens with zero attached hydrogens (tertiary/aromatic N) is 3. The normalized spacial score (nSPS) is 11.5. The molecule has 11 nitrogen and oxygen atoms in total. The number of amides is 4. The highest BCUT2D eigenvalue weighted by molar-refractivity contribution is 7.90. The molecule has 0 aliphatic rings. The maximum atomic E-state index is 13.6. The Morgan fingerprint density at radius 1 is 0.933 bits per heavy atom. The van der Waals surface area contributed by atoms with E-state index in [9.17, 15) is 18.0 Å². The van der Waals surface area contributed by atoms with Crippen molar-refractivity contribution < 1.29 is 18.0 Å². The van der Waals surface area contributed by atoms with Crippen molar-refractivity contribution in [2.24, 2.45) is 0 Å². The van der Waals surface area contributed by atoms with E-state index in [1.165, 1.54) is 0 Å². The summed E-state index contributed by atoms with van der Waals surface area (Å²) in [7, 11) is -4.23. The quantitative estimate of drug-likeness (QED) is 0.131. The number of urea groups is 2. The number of carbonyl (C=O) groups is 2. The first-order valence-electron chi connectivity index (χ1n) is 15.5. The zero-order chi connectivity index (χ0) is 32.6. The maximum absolute atomic E-state index is 13.6. The zero-order valence-electron chi connectivity index (χ0n) is 26.6. The number of imidazole rings is 1. The molecule has 4 N–H and O–H groups in total. The van der Waals surface area contributed by atoms with Gasteiger partial charge >= 0.3 is 12.1 Å². The molecular formula is C33H43N7O4S. The van der Waals surface area contributed by atoms with Crippen molar-refractivity contribution in [3.05, 3.63) is 71.7 Å². The van der Waals surface area contributed by atoms with Crippen molar-refractivity contribution in [3.8, 4) is 11.1 Å². The highest BCUT2D eigenvalue weighted by atomic mass is 32.2. The summed E-state index contributed by atoms with van der Waals surface area (Å²) < 4.78 is 31.5. The lowest BCUT2D eigenvalue weighted by molar-refractivity contribution is 0.245. The molecule has 0 saturated carbocycles. The lowest BCUT2D eigenvalue weighted by Crippen LogP contribution is -2.40. The molecule has 4 rings (SSSR count). The Balaban J connectivity index is 1.75. The van der Waals surface area contributed by atoms with Crippen molar-refractivity contribution in [1.29, 1.82) is 0 Å². The lowest BCUT2D eigenvalue weighted by atomic mass is 10.0. The average Bonchev–Trinajstić information content (AvgIpc) is 3.31. The number of carbonyl (C=O) groups excluding carboxylic acids is 2. The van der Waals surface area contributed by atoms with Gasteiger partial charge in [0, 0.05) is 24.6 Å². The minimum absolute atomic E-state index is 0.00293. The number of unbranched alkanes of at least 4 members (excludes halogenated alkanes) is 2.